The van der Waals surface area contributed by atoms with Gasteiger partial charge in [0.1, 0.15) is 0 Å². The molecule has 1 aliphatic rings. The third-order valence-electron chi connectivity index (χ3n) is 11.1. The number of fused-ring (bicyclic) bond motifs is 16. The largest absolute Gasteiger partial charge is 0.309 e. The highest BCUT2D eigenvalue weighted by Crippen LogP contribution is 2.56. The molecule has 10 aromatic rings. The predicted molar refractivity (Wildman–Crippen MR) is 212 cm³/mol. The van der Waals surface area contributed by atoms with Crippen molar-refractivity contribution >= 4 is 74.9 Å². The summed E-state index contributed by atoms with van der Waals surface area (Å²) in [6.07, 6.45) is 0. The lowest BCUT2D eigenvalue weighted by atomic mass is 9.74. The molecule has 0 atom stereocenters. The van der Waals surface area contributed by atoms with Crippen LogP contribution in [-0.2, 0) is 5.41 Å². The number of para-hydroxylation sites is 1. The van der Waals surface area contributed by atoms with E-state index >= 15 is 0 Å². The van der Waals surface area contributed by atoms with Gasteiger partial charge in [0.05, 0.1) is 11.0 Å². The summed E-state index contributed by atoms with van der Waals surface area (Å²) in [5.41, 5.74) is 11.5. The number of benzene rings is 8. The van der Waals surface area contributed by atoms with E-state index in [2.05, 4.69) is 170 Å². The topological polar surface area (TPSA) is 4.93 Å². The van der Waals surface area contributed by atoms with Crippen LogP contribution in [0, 0.1) is 0 Å². The van der Waals surface area contributed by atoms with E-state index in [1.165, 1.54) is 103 Å². The molecule has 0 aliphatic heterocycles. The van der Waals surface area contributed by atoms with Gasteiger partial charge >= 0.3 is 0 Å². The molecule has 0 saturated heterocycles. The summed E-state index contributed by atoms with van der Waals surface area (Å²) in [6.45, 7) is 4.91. The van der Waals surface area contributed by atoms with Crippen LogP contribution in [0.2, 0.25) is 0 Å². The van der Waals surface area contributed by atoms with Gasteiger partial charge in [0.15, 0.2) is 0 Å². The summed E-state index contributed by atoms with van der Waals surface area (Å²) in [5.74, 6) is 0. The number of hydrogen-bond donors (Lipinski definition) is 0. The fraction of sp³-hybridized carbons (Fsp3) is 0.0638. The second kappa shape index (κ2) is 9.69. The summed E-state index contributed by atoms with van der Waals surface area (Å²) >= 11 is 1.97. The van der Waals surface area contributed by atoms with Crippen LogP contribution < -0.4 is 0 Å². The molecule has 0 amide bonds. The van der Waals surface area contributed by atoms with Gasteiger partial charge in [0.2, 0.25) is 0 Å². The summed E-state index contributed by atoms with van der Waals surface area (Å²) in [4.78, 5) is 0. The van der Waals surface area contributed by atoms with Crippen molar-refractivity contribution in [1.82, 2.24) is 4.57 Å². The van der Waals surface area contributed by atoms with Crippen molar-refractivity contribution < 1.29 is 0 Å². The molecule has 0 spiro atoms. The Morgan fingerprint density at radius 1 is 0.469 bits per heavy atom. The lowest BCUT2D eigenvalue weighted by Crippen LogP contribution is -2.20. The number of nitrogens with zero attached hydrogens (tertiary/aromatic N) is 1. The van der Waals surface area contributed by atoms with E-state index in [0.717, 1.165) is 0 Å². The van der Waals surface area contributed by atoms with Gasteiger partial charge in [-0.1, -0.05) is 135 Å². The lowest BCUT2D eigenvalue weighted by molar-refractivity contribution is 0.654. The Kier molecular flexibility index (Phi) is 5.39. The first kappa shape index (κ1) is 27.3. The summed E-state index contributed by atoms with van der Waals surface area (Å²) in [6, 6.07) is 56.6. The Labute approximate surface area is 288 Å². The minimum absolute atomic E-state index is 0.272. The Bertz CT molecular complexity index is 3010. The van der Waals surface area contributed by atoms with Crippen molar-refractivity contribution in [2.24, 2.45) is 0 Å². The SMILES string of the molecule is CC1(C)c2ccc3c(c2-c2ccccc2-c2ccc4c(sc5c6ccccc6ccc45)c21)c1cc2ccccc2cc1n3-c1ccccc1. The van der Waals surface area contributed by atoms with Gasteiger partial charge < -0.3 is 4.57 Å². The van der Waals surface area contributed by atoms with Gasteiger partial charge in [0.25, 0.3) is 0 Å². The van der Waals surface area contributed by atoms with Crippen molar-refractivity contribution in [3.05, 3.63) is 163 Å². The Hall–Kier alpha value is -5.70. The predicted octanol–water partition coefficient (Wildman–Crippen LogP) is 13.4. The van der Waals surface area contributed by atoms with Gasteiger partial charge in [-0.05, 0) is 85.3 Å². The van der Waals surface area contributed by atoms with Crippen molar-refractivity contribution in [1.29, 1.82) is 0 Å². The fourth-order valence-corrected chi connectivity index (χ4v) is 10.5. The Morgan fingerprint density at radius 3 is 1.98 bits per heavy atom. The molecule has 11 rings (SSSR count). The molecular formula is C47H31NS. The number of aromatic nitrogens is 1. The molecule has 0 fully saturated rings. The van der Waals surface area contributed by atoms with E-state index in [1.807, 2.05) is 11.3 Å². The highest BCUT2D eigenvalue weighted by Gasteiger charge is 2.37. The van der Waals surface area contributed by atoms with Crippen molar-refractivity contribution in [2.75, 3.05) is 0 Å². The maximum absolute atomic E-state index is 2.47. The third-order valence-corrected chi connectivity index (χ3v) is 12.4. The standard InChI is InChI=1S/C47H31NS/c1-47(2)39-24-25-40-43(38-26-29-13-6-7-14-30(29)27-41(38)48(40)31-15-4-3-5-16-31)42(39)34-19-11-10-18-33(34)35-22-23-37-36-21-20-28-12-8-9-17-32(28)45(36)49-46(37)44(35)47/h3-27H,1-2H3. The smallest absolute Gasteiger partial charge is 0.0547 e. The molecule has 0 N–H and O–H groups in total. The number of thiophene rings is 1. The van der Waals surface area contributed by atoms with Crippen LogP contribution in [0.5, 0.6) is 0 Å². The average Bonchev–Trinajstić information content (AvgIpc) is 3.66. The highest BCUT2D eigenvalue weighted by molar-refractivity contribution is 7.27. The lowest BCUT2D eigenvalue weighted by Gasteiger charge is -2.29. The monoisotopic (exact) mass is 641 g/mol. The van der Waals surface area contributed by atoms with E-state index in [0.29, 0.717) is 0 Å². The molecule has 2 heterocycles. The van der Waals surface area contributed by atoms with Crippen molar-refractivity contribution in [3.63, 3.8) is 0 Å². The fourth-order valence-electron chi connectivity index (χ4n) is 8.93. The molecule has 0 saturated carbocycles. The molecule has 2 aromatic heterocycles. The van der Waals surface area contributed by atoms with Gasteiger partial charge in [0, 0.05) is 42.0 Å². The first-order chi connectivity index (χ1) is 24.1. The molecular weight excluding hydrogens is 611 g/mol. The van der Waals surface area contributed by atoms with E-state index in [-0.39, 0.29) is 5.41 Å². The quantitative estimate of drug-likeness (QED) is 0.168. The van der Waals surface area contributed by atoms with Gasteiger partial charge in [-0.15, -0.1) is 11.3 Å². The summed E-state index contributed by atoms with van der Waals surface area (Å²) < 4.78 is 5.25. The van der Waals surface area contributed by atoms with Crippen LogP contribution in [0.15, 0.2) is 152 Å². The zero-order valence-corrected chi connectivity index (χ0v) is 28.1. The molecule has 8 aromatic carbocycles. The zero-order valence-electron chi connectivity index (χ0n) is 27.3. The molecule has 230 valence electrons. The highest BCUT2D eigenvalue weighted by atomic mass is 32.1. The number of rotatable bonds is 1. The maximum Gasteiger partial charge on any atom is 0.0547 e. The summed E-state index contributed by atoms with van der Waals surface area (Å²) in [7, 11) is 0. The Morgan fingerprint density at radius 2 is 1.14 bits per heavy atom. The maximum atomic E-state index is 2.47. The van der Waals surface area contributed by atoms with Crippen LogP contribution in [0.1, 0.15) is 25.0 Å². The van der Waals surface area contributed by atoms with Crippen molar-refractivity contribution in [2.45, 2.75) is 19.3 Å². The molecule has 0 bridgehead atoms. The van der Waals surface area contributed by atoms with Crippen LogP contribution >= 0.6 is 11.3 Å². The van der Waals surface area contributed by atoms with E-state index in [1.54, 1.807) is 0 Å². The first-order valence-electron chi connectivity index (χ1n) is 17.1. The average molecular weight is 642 g/mol. The first-order valence-corrected chi connectivity index (χ1v) is 17.9. The molecule has 0 radical (unpaired) electrons. The van der Waals surface area contributed by atoms with E-state index in [4.69, 9.17) is 0 Å². The van der Waals surface area contributed by atoms with E-state index < -0.39 is 0 Å². The minimum atomic E-state index is -0.272. The van der Waals surface area contributed by atoms with Gasteiger partial charge in [-0.25, -0.2) is 0 Å². The summed E-state index contributed by atoms with van der Waals surface area (Å²) in [5, 5.41) is 10.5. The van der Waals surface area contributed by atoms with Crippen LogP contribution in [0.4, 0.5) is 0 Å². The molecule has 49 heavy (non-hydrogen) atoms. The van der Waals surface area contributed by atoms with Gasteiger partial charge in [-0.2, -0.15) is 0 Å². The molecule has 0 unspecified atom stereocenters. The van der Waals surface area contributed by atoms with Crippen LogP contribution in [0.3, 0.4) is 0 Å². The number of hydrogen-bond acceptors (Lipinski definition) is 1. The normalized spacial score (nSPS) is 13.7. The molecule has 1 nitrogen and oxygen atoms in total. The minimum Gasteiger partial charge on any atom is -0.309 e. The zero-order chi connectivity index (χ0) is 32.4. The third kappa shape index (κ3) is 3.59. The molecule has 1 aliphatic carbocycles. The second-order valence-corrected chi connectivity index (χ2v) is 15.1. The van der Waals surface area contributed by atoms with Crippen molar-refractivity contribution in [3.8, 4) is 27.9 Å². The Balaban J connectivity index is 1.32. The van der Waals surface area contributed by atoms with E-state index in [9.17, 15) is 0 Å². The van der Waals surface area contributed by atoms with Gasteiger partial charge in [-0.3, -0.25) is 0 Å². The van der Waals surface area contributed by atoms with Crippen LogP contribution in [0.25, 0.3) is 91.5 Å². The van der Waals surface area contributed by atoms with Crippen LogP contribution in [-0.4, -0.2) is 4.57 Å². The molecule has 2 heteroatoms. The second-order valence-electron chi connectivity index (χ2n) is 14.1.